The van der Waals surface area contributed by atoms with E-state index in [2.05, 4.69) is 31.3 Å². The zero-order valence-corrected chi connectivity index (χ0v) is 62.6. The molecule has 114 heavy (non-hydrogen) atoms. The first-order chi connectivity index (χ1) is 53.1. The number of amides is 6. The lowest BCUT2D eigenvalue weighted by Crippen LogP contribution is -2.34. The number of nitrogens with zero attached hydrogens (tertiary/aromatic N) is 5. The number of phenolic OH excluding ortho intramolecular Hbond substituents is 2. The maximum Gasteiger partial charge on any atom is 0.405 e. The number of rotatable bonds is 19. The topological polar surface area (TPSA) is 407 Å². The van der Waals surface area contributed by atoms with Gasteiger partial charge in [-0.2, -0.15) is 52.7 Å². The van der Waals surface area contributed by atoms with E-state index < -0.39 is 137 Å². The largest absolute Gasteiger partial charge is 0.507 e. The molecule has 0 aliphatic heterocycles. The van der Waals surface area contributed by atoms with Gasteiger partial charge in [-0.3, -0.25) is 38.9 Å². The van der Waals surface area contributed by atoms with Crippen LogP contribution in [0.1, 0.15) is 96.1 Å². The summed E-state index contributed by atoms with van der Waals surface area (Å²) in [5.74, 6) is -7.01. The third-order valence-corrected chi connectivity index (χ3v) is 16.9. The van der Waals surface area contributed by atoms with E-state index in [0.29, 0.717) is 54.4 Å². The summed E-state index contributed by atoms with van der Waals surface area (Å²) in [6.45, 7) is 4.14. The van der Waals surface area contributed by atoms with Crippen molar-refractivity contribution >= 4 is 105 Å². The van der Waals surface area contributed by atoms with Crippen molar-refractivity contribution < 1.29 is 124 Å². The molecule has 0 saturated carbocycles. The van der Waals surface area contributed by atoms with E-state index in [1.54, 1.807) is 93.0 Å². The molecule has 0 radical (unpaired) electrons. The summed E-state index contributed by atoms with van der Waals surface area (Å²) in [4.78, 5) is 84.2. The Labute approximate surface area is 653 Å². The second-order valence-electron chi connectivity index (χ2n) is 23.8. The normalized spacial score (nSPS) is 11.3. The average molecular weight is 1690 g/mol. The number of nitrogen functional groups attached to an aromatic ring is 1. The lowest BCUT2D eigenvalue weighted by atomic mass is 10.0. The minimum Gasteiger partial charge on any atom is -0.507 e. The molecule has 10 N–H and O–H groups in total. The van der Waals surface area contributed by atoms with Crippen molar-refractivity contribution in [1.82, 2.24) is 41.9 Å². The van der Waals surface area contributed by atoms with E-state index in [1.807, 2.05) is 6.92 Å². The van der Waals surface area contributed by atoms with E-state index in [0.717, 1.165) is 28.8 Å². The molecule has 0 aliphatic carbocycles. The van der Waals surface area contributed by atoms with Crippen LogP contribution in [0.2, 0.25) is 20.1 Å². The van der Waals surface area contributed by atoms with Gasteiger partial charge in [0.2, 0.25) is 11.5 Å². The fraction of sp³-hybridized carbons (Fsp3) is 0.229. The van der Waals surface area contributed by atoms with Gasteiger partial charge in [-0.15, -0.1) is 0 Å². The van der Waals surface area contributed by atoms with Gasteiger partial charge in [0.05, 0.1) is 29.7 Å². The number of alkyl halides is 12. The van der Waals surface area contributed by atoms with Gasteiger partial charge in [-0.05, 0) is 148 Å². The molecule has 6 amide bonds. The van der Waals surface area contributed by atoms with E-state index in [9.17, 15) is 102 Å². The Kier molecular flexibility index (Phi) is 28.8. The molecule has 28 nitrogen and oxygen atoms in total. The number of carbonyl (C=O) groups excluding carboxylic acids is 6. The Balaban J connectivity index is 0.000000213. The van der Waals surface area contributed by atoms with Gasteiger partial charge >= 0.3 is 30.4 Å². The monoisotopic (exact) mass is 1690 g/mol. The Morgan fingerprint density at radius 1 is 0.421 bits per heavy atom. The van der Waals surface area contributed by atoms with Crippen molar-refractivity contribution in [3.8, 4) is 68.3 Å². The summed E-state index contributed by atoms with van der Waals surface area (Å²) in [7, 11) is 2.90. The second kappa shape index (κ2) is 36.9. The molecule has 0 saturated heterocycles. The zero-order chi connectivity index (χ0) is 85.0. The lowest BCUT2D eigenvalue weighted by molar-refractivity contribution is -0.384. The summed E-state index contributed by atoms with van der Waals surface area (Å²) in [5, 5.41) is 57.3. The van der Waals surface area contributed by atoms with Gasteiger partial charge in [0.25, 0.3) is 35.4 Å². The number of ether oxygens (including phenoxy) is 2. The summed E-state index contributed by atoms with van der Waals surface area (Å²) < 4.78 is 179. The van der Waals surface area contributed by atoms with Crippen LogP contribution >= 0.6 is 46.4 Å². The van der Waals surface area contributed by atoms with Gasteiger partial charge in [0, 0.05) is 49.0 Å². The molecule has 4 aromatic heterocycles. The van der Waals surface area contributed by atoms with E-state index in [-0.39, 0.29) is 61.7 Å². The van der Waals surface area contributed by atoms with Crippen molar-refractivity contribution in [2.24, 2.45) is 0 Å². The first-order valence-electron chi connectivity index (χ1n) is 31.8. The first kappa shape index (κ1) is 88.9. The number of aromatic hydroxyl groups is 2. The van der Waals surface area contributed by atoms with Crippen LogP contribution in [0, 0.1) is 51.7 Å². The highest BCUT2D eigenvalue weighted by atomic mass is 35.5. The molecular formula is C70H58Cl4F12N12O16. The van der Waals surface area contributed by atoms with Crippen LogP contribution < -0.4 is 47.1 Å². The number of anilines is 3. The number of nitrogens with two attached hydrogens (primary N) is 1. The quantitative estimate of drug-likeness (QED) is 0.0206. The second-order valence-corrected chi connectivity index (χ2v) is 25.5. The molecule has 10 rings (SSSR count). The third-order valence-electron chi connectivity index (χ3n) is 15.4. The molecule has 6 aromatic carbocycles. The fourth-order valence-corrected chi connectivity index (χ4v) is 10.4. The fourth-order valence-electron chi connectivity index (χ4n) is 9.78. The predicted molar refractivity (Wildman–Crippen MR) is 386 cm³/mol. The van der Waals surface area contributed by atoms with Gasteiger partial charge in [0.15, 0.2) is 34.4 Å². The number of hydrogen-bond acceptors (Lipinski definition) is 21. The van der Waals surface area contributed by atoms with Crippen molar-refractivity contribution in [3.63, 3.8) is 0 Å². The van der Waals surface area contributed by atoms with Crippen LogP contribution in [0.3, 0.4) is 0 Å². The van der Waals surface area contributed by atoms with Crippen LogP contribution in [0.25, 0.3) is 45.3 Å². The number of methoxy groups -OCH3 is 2. The number of carbonyl (C=O) groups is 6. The number of aryl methyl sites for hydroxylation is 6. The van der Waals surface area contributed by atoms with Crippen molar-refractivity contribution in [3.05, 3.63) is 195 Å². The lowest BCUT2D eigenvalue weighted by Gasteiger charge is -2.11. The van der Waals surface area contributed by atoms with Crippen LogP contribution in [-0.4, -0.2) is 136 Å². The molecule has 0 unspecified atom stereocenters. The maximum atomic E-state index is 12.8. The van der Waals surface area contributed by atoms with Crippen molar-refractivity contribution in [1.29, 1.82) is 0 Å². The summed E-state index contributed by atoms with van der Waals surface area (Å²) in [6, 6.07) is 23.6. The Hall–Kier alpha value is -12.3. The molecule has 44 heteroatoms. The molecule has 10 aromatic rings. The van der Waals surface area contributed by atoms with Crippen LogP contribution in [0.4, 0.5) is 75.4 Å². The summed E-state index contributed by atoms with van der Waals surface area (Å²) in [5.41, 5.74) is 7.41. The first-order valence-corrected chi connectivity index (χ1v) is 33.3. The smallest absolute Gasteiger partial charge is 0.405 e. The Bertz CT molecular complexity index is 5080. The maximum absolute atomic E-state index is 12.8. The molecule has 606 valence electrons. The molecule has 0 atom stereocenters. The molecule has 0 bridgehead atoms. The number of nitrogens with one attached hydrogen (secondary N) is 6. The molecule has 4 heterocycles. The summed E-state index contributed by atoms with van der Waals surface area (Å²) in [6.07, 6.45) is -18.5. The van der Waals surface area contributed by atoms with Crippen LogP contribution in [-0.2, 0) is 0 Å². The predicted octanol–water partition coefficient (Wildman–Crippen LogP) is 16.4. The number of halogens is 16. The third kappa shape index (κ3) is 23.4. The standard InChI is InChI=1S/C22H19ClF3N3O4.C20H15ClF3N3O6.C14H11ClF3N3O4.C14H13ClF3N3O2/c1-11-8-12(2)16(23)9-15(11)19-17(18(29-33-19)21(31)27-10-22(24,25)26)28-20(30)13-4-6-14(32-3)7-5-13;1-32-10-4-2-9(3-5-10)18(30)26-15-16(19(31)25-8-20(22,23)24)27-33-17(15)11-6-12(21)14(29)7-13(11)28;1-6-3-7(2)9(15)4-8(6)12-11(21(23)24)10(20-25-12)13(22)19-5-14(16,17)18;1-6-3-7(2)9(15)4-8(6)12-10(19)11(21-23-12)13(22)20-5-14(16,17)18/h4-9H,10H2,1-3H3,(H,27,31)(H,28,30);2-7,28-29H,8H2,1H3,(H,25,31)(H,26,30);3-4H,5H2,1-2H3,(H,19,22);3-4H,5,19H2,1-2H3,(H,20,22). The highest BCUT2D eigenvalue weighted by molar-refractivity contribution is 6.33. The highest BCUT2D eigenvalue weighted by Crippen LogP contribution is 2.44. The minimum absolute atomic E-state index is 0.0200. The molecule has 0 fully saturated rings. The van der Waals surface area contributed by atoms with E-state index in [1.165, 1.54) is 62.0 Å². The van der Waals surface area contributed by atoms with Gasteiger partial charge in [-0.1, -0.05) is 85.2 Å². The molecular weight excluding hydrogens is 1630 g/mol. The highest BCUT2D eigenvalue weighted by Gasteiger charge is 2.38. The number of hydrogen-bond donors (Lipinski definition) is 9. The van der Waals surface area contributed by atoms with Crippen LogP contribution in [0.15, 0.2) is 115 Å². The van der Waals surface area contributed by atoms with E-state index in [4.69, 9.17) is 79.7 Å². The molecule has 0 aliphatic rings. The van der Waals surface area contributed by atoms with Crippen molar-refractivity contribution in [2.45, 2.75) is 66.2 Å². The van der Waals surface area contributed by atoms with Gasteiger partial charge < -0.3 is 75.4 Å². The number of nitro groups is 1. The Morgan fingerprint density at radius 2 is 0.719 bits per heavy atom. The van der Waals surface area contributed by atoms with Crippen LogP contribution in [0.5, 0.6) is 23.0 Å². The Morgan fingerprint density at radius 3 is 1.08 bits per heavy atom. The SMILES string of the molecule is COc1ccc(C(=O)Nc2c(C(=O)NCC(F)(F)F)noc2-c2cc(Cl)c(C)cc2C)cc1.COc1ccc(C(=O)Nc2c(C(=O)NCC(F)(F)F)noc2-c2cc(Cl)c(O)cc2O)cc1.Cc1cc(C)c(-c2onc(C(=O)NCC(F)(F)F)c2N)cc1Cl.Cc1cc(C)c(-c2onc(C(=O)NCC(F)(F)F)c2[N+](=O)[O-])cc1Cl. The number of aromatic nitrogens is 4. The average Bonchev–Trinajstić information content (AvgIpc) is 1.64. The minimum atomic E-state index is -4.70. The van der Waals surface area contributed by atoms with Crippen molar-refractivity contribution in [2.75, 3.05) is 56.8 Å². The van der Waals surface area contributed by atoms with Gasteiger partial charge in [-0.25, -0.2) is 0 Å². The zero-order valence-electron chi connectivity index (χ0n) is 59.5. The molecule has 0 spiro atoms. The summed E-state index contributed by atoms with van der Waals surface area (Å²) >= 11 is 24.1. The van der Waals surface area contributed by atoms with Gasteiger partial charge in [0.1, 0.15) is 66.2 Å². The van der Waals surface area contributed by atoms with E-state index >= 15 is 0 Å². The number of phenols is 2. The number of benzene rings is 6.